The molecule has 0 bridgehead atoms. The van der Waals surface area contributed by atoms with Crippen LogP contribution < -0.4 is 15.4 Å². The number of amides is 1. The molecule has 0 atom stereocenters. The highest BCUT2D eigenvalue weighted by Crippen LogP contribution is 2.15. The minimum atomic E-state index is -1.05. The number of carboxylic acids is 1. The van der Waals surface area contributed by atoms with Crippen molar-refractivity contribution in [2.45, 2.75) is 0 Å². The summed E-state index contributed by atoms with van der Waals surface area (Å²) in [6, 6.07) is 12.6. The summed E-state index contributed by atoms with van der Waals surface area (Å²) in [5.41, 5.74) is 0.569. The third-order valence-corrected chi connectivity index (χ3v) is 3.26. The Morgan fingerprint density at radius 1 is 1.17 bits per heavy atom. The molecule has 0 spiro atoms. The van der Waals surface area contributed by atoms with E-state index in [1.54, 1.807) is 36.4 Å². The first-order valence-corrected chi connectivity index (χ1v) is 7.55. The van der Waals surface area contributed by atoms with E-state index in [0.29, 0.717) is 16.5 Å². The molecule has 24 heavy (non-hydrogen) atoms. The molecule has 0 aliphatic rings. The molecule has 2 aromatic rings. The van der Waals surface area contributed by atoms with Gasteiger partial charge in [-0.2, -0.15) is 0 Å². The summed E-state index contributed by atoms with van der Waals surface area (Å²) in [5.74, 6) is -0.996. The van der Waals surface area contributed by atoms with E-state index < -0.39 is 11.9 Å². The van der Waals surface area contributed by atoms with Gasteiger partial charge in [0.25, 0.3) is 5.91 Å². The molecule has 0 aromatic heterocycles. The molecule has 8 heteroatoms. The van der Waals surface area contributed by atoms with Crippen LogP contribution in [-0.4, -0.2) is 28.7 Å². The number of hydrogen-bond acceptors (Lipinski definition) is 4. The topological polar surface area (TPSA) is 87.7 Å². The summed E-state index contributed by atoms with van der Waals surface area (Å²) in [6.07, 6.45) is 0. The van der Waals surface area contributed by atoms with Gasteiger partial charge in [0, 0.05) is 10.7 Å². The standard InChI is InChI=1S/C16H13ClN2O4S/c17-11-4-6-13(7-5-11)23-9-14(20)19-16(24)18-12-3-1-2-10(8-12)15(21)22/h1-8H,9H2,(H,21,22)(H2,18,19,20,24). The zero-order valence-electron chi connectivity index (χ0n) is 12.3. The van der Waals surface area contributed by atoms with Crippen LogP contribution in [0.15, 0.2) is 48.5 Å². The lowest BCUT2D eigenvalue weighted by Gasteiger charge is -2.11. The zero-order valence-corrected chi connectivity index (χ0v) is 13.9. The van der Waals surface area contributed by atoms with E-state index >= 15 is 0 Å². The molecule has 0 saturated heterocycles. The predicted octanol–water partition coefficient (Wildman–Crippen LogP) is 2.93. The fourth-order valence-electron chi connectivity index (χ4n) is 1.73. The van der Waals surface area contributed by atoms with Crippen molar-refractivity contribution in [3.8, 4) is 5.75 Å². The molecule has 0 aliphatic heterocycles. The Labute approximate surface area is 148 Å². The molecular formula is C16H13ClN2O4S. The number of thiocarbonyl (C=S) groups is 1. The Morgan fingerprint density at radius 3 is 2.54 bits per heavy atom. The van der Waals surface area contributed by atoms with Gasteiger partial charge >= 0.3 is 5.97 Å². The van der Waals surface area contributed by atoms with Gasteiger partial charge in [0.2, 0.25) is 0 Å². The molecule has 0 aliphatic carbocycles. The van der Waals surface area contributed by atoms with Crippen LogP contribution in [0.25, 0.3) is 0 Å². The Bertz CT molecular complexity index is 765. The minimum Gasteiger partial charge on any atom is -0.484 e. The highest BCUT2D eigenvalue weighted by molar-refractivity contribution is 7.80. The third-order valence-electron chi connectivity index (χ3n) is 2.80. The first kappa shape index (κ1) is 17.7. The molecule has 0 heterocycles. The molecule has 2 aromatic carbocycles. The molecular weight excluding hydrogens is 352 g/mol. The van der Waals surface area contributed by atoms with Gasteiger partial charge in [-0.3, -0.25) is 10.1 Å². The Hall–Kier alpha value is -2.64. The molecule has 0 radical (unpaired) electrons. The lowest BCUT2D eigenvalue weighted by atomic mass is 10.2. The smallest absolute Gasteiger partial charge is 0.335 e. The van der Waals surface area contributed by atoms with E-state index in [0.717, 1.165) is 0 Å². The number of halogens is 1. The maximum Gasteiger partial charge on any atom is 0.335 e. The molecule has 0 unspecified atom stereocenters. The van der Waals surface area contributed by atoms with E-state index in [-0.39, 0.29) is 17.3 Å². The van der Waals surface area contributed by atoms with Gasteiger partial charge in [-0.1, -0.05) is 17.7 Å². The second-order valence-electron chi connectivity index (χ2n) is 4.63. The first-order valence-electron chi connectivity index (χ1n) is 6.76. The molecule has 0 fully saturated rings. The molecule has 1 amide bonds. The van der Waals surface area contributed by atoms with Crippen LogP contribution in [0.3, 0.4) is 0 Å². The van der Waals surface area contributed by atoms with Crippen molar-refractivity contribution >= 4 is 46.5 Å². The summed E-state index contributed by atoms with van der Waals surface area (Å²) in [5, 5.41) is 14.7. The van der Waals surface area contributed by atoms with Crippen molar-refractivity contribution in [2.24, 2.45) is 0 Å². The van der Waals surface area contributed by atoms with E-state index in [1.165, 1.54) is 12.1 Å². The second kappa shape index (κ2) is 8.28. The van der Waals surface area contributed by atoms with Crippen LogP contribution in [-0.2, 0) is 4.79 Å². The third kappa shape index (κ3) is 5.53. The van der Waals surface area contributed by atoms with Gasteiger partial charge in [0.05, 0.1) is 5.56 Å². The van der Waals surface area contributed by atoms with Gasteiger partial charge in [-0.25, -0.2) is 4.79 Å². The summed E-state index contributed by atoms with van der Waals surface area (Å²) < 4.78 is 5.29. The van der Waals surface area contributed by atoms with Crippen LogP contribution in [0.1, 0.15) is 10.4 Å². The van der Waals surface area contributed by atoms with Crippen molar-refractivity contribution in [1.29, 1.82) is 0 Å². The maximum atomic E-state index is 11.8. The van der Waals surface area contributed by atoms with Crippen molar-refractivity contribution in [3.63, 3.8) is 0 Å². The highest BCUT2D eigenvalue weighted by atomic mass is 35.5. The van der Waals surface area contributed by atoms with Gasteiger partial charge in [-0.05, 0) is 54.7 Å². The number of nitrogens with one attached hydrogen (secondary N) is 2. The molecule has 2 rings (SSSR count). The van der Waals surface area contributed by atoms with Crippen LogP contribution in [0.2, 0.25) is 5.02 Å². The van der Waals surface area contributed by atoms with Crippen LogP contribution >= 0.6 is 23.8 Å². The Morgan fingerprint density at radius 2 is 1.88 bits per heavy atom. The lowest BCUT2D eigenvalue weighted by Crippen LogP contribution is -2.37. The number of carbonyl (C=O) groups excluding carboxylic acids is 1. The monoisotopic (exact) mass is 364 g/mol. The van der Waals surface area contributed by atoms with Crippen molar-refractivity contribution in [1.82, 2.24) is 5.32 Å². The number of ether oxygens (including phenoxy) is 1. The van der Waals surface area contributed by atoms with Gasteiger partial charge in [0.15, 0.2) is 11.7 Å². The number of carbonyl (C=O) groups is 2. The van der Waals surface area contributed by atoms with Crippen LogP contribution in [0.4, 0.5) is 5.69 Å². The number of anilines is 1. The van der Waals surface area contributed by atoms with Crippen molar-refractivity contribution in [3.05, 3.63) is 59.1 Å². The zero-order chi connectivity index (χ0) is 17.5. The van der Waals surface area contributed by atoms with Crippen LogP contribution in [0, 0.1) is 0 Å². The number of carboxylic acid groups (broad SMARTS) is 1. The molecule has 0 saturated carbocycles. The predicted molar refractivity (Wildman–Crippen MR) is 94.7 cm³/mol. The van der Waals surface area contributed by atoms with E-state index in [2.05, 4.69) is 10.6 Å². The Balaban J connectivity index is 1.83. The van der Waals surface area contributed by atoms with Gasteiger partial charge < -0.3 is 15.2 Å². The fraction of sp³-hybridized carbons (Fsp3) is 0.0625. The van der Waals surface area contributed by atoms with Crippen molar-refractivity contribution in [2.75, 3.05) is 11.9 Å². The van der Waals surface area contributed by atoms with Crippen molar-refractivity contribution < 1.29 is 19.4 Å². The normalized spacial score (nSPS) is 9.88. The lowest BCUT2D eigenvalue weighted by molar-refractivity contribution is -0.121. The van der Waals surface area contributed by atoms with E-state index in [9.17, 15) is 9.59 Å². The summed E-state index contributed by atoms with van der Waals surface area (Å²) in [7, 11) is 0. The number of hydrogen-bond donors (Lipinski definition) is 3. The first-order chi connectivity index (χ1) is 11.4. The molecule has 6 nitrogen and oxygen atoms in total. The summed E-state index contributed by atoms with van der Waals surface area (Å²) in [4.78, 5) is 22.7. The quantitative estimate of drug-likeness (QED) is 0.707. The van der Waals surface area contributed by atoms with Gasteiger partial charge in [0.1, 0.15) is 5.75 Å². The molecule has 124 valence electrons. The van der Waals surface area contributed by atoms with E-state index in [4.69, 9.17) is 33.7 Å². The number of benzene rings is 2. The number of aromatic carboxylic acids is 1. The SMILES string of the molecule is O=C(COc1ccc(Cl)cc1)NC(=S)Nc1cccc(C(=O)O)c1. The second-order valence-corrected chi connectivity index (χ2v) is 5.48. The Kier molecular flexibility index (Phi) is 6.11. The van der Waals surface area contributed by atoms with E-state index in [1.807, 2.05) is 0 Å². The average Bonchev–Trinajstić information content (AvgIpc) is 2.54. The minimum absolute atomic E-state index is 0.0437. The molecule has 3 N–H and O–H groups in total. The summed E-state index contributed by atoms with van der Waals surface area (Å²) >= 11 is 10.8. The highest BCUT2D eigenvalue weighted by Gasteiger charge is 2.08. The number of rotatable bonds is 5. The largest absolute Gasteiger partial charge is 0.484 e. The maximum absolute atomic E-state index is 11.8. The average molecular weight is 365 g/mol. The fourth-order valence-corrected chi connectivity index (χ4v) is 2.09. The van der Waals surface area contributed by atoms with Gasteiger partial charge in [-0.15, -0.1) is 0 Å². The van der Waals surface area contributed by atoms with Crippen LogP contribution in [0.5, 0.6) is 5.75 Å². The summed E-state index contributed by atoms with van der Waals surface area (Å²) in [6.45, 7) is -0.224.